The van der Waals surface area contributed by atoms with E-state index in [0.29, 0.717) is 21.3 Å². The Hall–Kier alpha value is -1.33. The number of hydrogen-bond acceptors (Lipinski definition) is 4. The van der Waals surface area contributed by atoms with Crippen LogP contribution in [0.3, 0.4) is 0 Å². The Morgan fingerprint density at radius 2 is 2.06 bits per heavy atom. The van der Waals surface area contributed by atoms with Crippen LogP contribution in [0.25, 0.3) is 0 Å². The quantitative estimate of drug-likeness (QED) is 0.804. The summed E-state index contributed by atoms with van der Waals surface area (Å²) in [5, 5.41) is 0.323. The molecule has 0 unspecified atom stereocenters. The Kier molecular flexibility index (Phi) is 4.04. The molecule has 4 nitrogen and oxygen atoms in total. The molecule has 2 rings (SSSR count). The molecule has 0 aliphatic carbocycles. The largest absolute Gasteiger partial charge is 0.438 e. The fourth-order valence-corrected chi connectivity index (χ4v) is 1.75. The first-order valence-corrected chi connectivity index (χ1v) is 6.36. The summed E-state index contributed by atoms with van der Waals surface area (Å²) in [6, 6.07) is 7.69. The van der Waals surface area contributed by atoms with Crippen LogP contribution in [0.15, 0.2) is 35.1 Å². The first-order valence-electron chi connectivity index (χ1n) is 5.19. The molecule has 94 valence electrons. The number of benzene rings is 1. The van der Waals surface area contributed by atoms with Gasteiger partial charge in [0.25, 0.3) is 0 Å². The van der Waals surface area contributed by atoms with Gasteiger partial charge in [0.2, 0.25) is 5.88 Å². The molecule has 0 saturated heterocycles. The minimum Gasteiger partial charge on any atom is -0.438 e. The highest BCUT2D eigenvalue weighted by molar-refractivity contribution is 9.10. The number of halogens is 2. The summed E-state index contributed by atoms with van der Waals surface area (Å²) in [4.78, 5) is 9.87. The molecule has 0 saturated carbocycles. The highest BCUT2D eigenvalue weighted by Crippen LogP contribution is 2.32. The number of hydrogen-bond donors (Lipinski definition) is 0. The second-order valence-electron chi connectivity index (χ2n) is 3.78. The van der Waals surface area contributed by atoms with E-state index in [1.165, 1.54) is 6.33 Å². The first kappa shape index (κ1) is 13.1. The Labute approximate surface area is 119 Å². The van der Waals surface area contributed by atoms with E-state index >= 15 is 0 Å². The average molecular weight is 329 g/mol. The van der Waals surface area contributed by atoms with Crippen molar-refractivity contribution in [1.82, 2.24) is 9.97 Å². The Balaban J connectivity index is 2.28. The Bertz CT molecular complexity index is 563. The molecular formula is C12H11BrClN3O. The van der Waals surface area contributed by atoms with Crippen molar-refractivity contribution in [2.24, 2.45) is 0 Å². The minimum absolute atomic E-state index is 0.323. The summed E-state index contributed by atoms with van der Waals surface area (Å²) >= 11 is 9.17. The number of anilines is 1. The van der Waals surface area contributed by atoms with Gasteiger partial charge in [-0.2, -0.15) is 0 Å². The smallest absolute Gasteiger partial charge is 0.238 e. The zero-order valence-electron chi connectivity index (χ0n) is 9.89. The maximum atomic E-state index is 5.88. The number of aromatic nitrogens is 2. The number of ether oxygens (including phenoxy) is 1. The van der Waals surface area contributed by atoms with E-state index in [0.717, 1.165) is 5.69 Å². The Morgan fingerprint density at radius 3 is 2.78 bits per heavy atom. The van der Waals surface area contributed by atoms with Gasteiger partial charge in [-0.05, 0) is 28.1 Å². The van der Waals surface area contributed by atoms with Gasteiger partial charge in [0.15, 0.2) is 5.15 Å². The van der Waals surface area contributed by atoms with E-state index in [1.807, 2.05) is 43.3 Å². The summed E-state index contributed by atoms with van der Waals surface area (Å²) in [6.07, 6.45) is 1.36. The van der Waals surface area contributed by atoms with Gasteiger partial charge in [-0.25, -0.2) is 9.97 Å². The van der Waals surface area contributed by atoms with Crippen LogP contribution < -0.4 is 9.64 Å². The lowest BCUT2D eigenvalue weighted by atomic mass is 10.3. The highest BCUT2D eigenvalue weighted by atomic mass is 79.9. The van der Waals surface area contributed by atoms with Crippen molar-refractivity contribution in [3.8, 4) is 11.6 Å². The van der Waals surface area contributed by atoms with Crippen LogP contribution in [0.5, 0.6) is 11.6 Å². The molecule has 0 N–H and O–H groups in total. The van der Waals surface area contributed by atoms with Crippen LogP contribution in [0.4, 0.5) is 5.69 Å². The molecule has 6 heteroatoms. The molecule has 1 aromatic carbocycles. The molecule has 2 aromatic rings. The molecular weight excluding hydrogens is 318 g/mol. The van der Waals surface area contributed by atoms with Crippen molar-refractivity contribution in [2.45, 2.75) is 0 Å². The van der Waals surface area contributed by atoms with Gasteiger partial charge < -0.3 is 9.64 Å². The van der Waals surface area contributed by atoms with E-state index in [9.17, 15) is 0 Å². The van der Waals surface area contributed by atoms with Crippen molar-refractivity contribution in [3.05, 3.63) is 40.2 Å². The summed E-state index contributed by atoms with van der Waals surface area (Å²) in [5.41, 5.74) is 1.05. The second-order valence-corrected chi connectivity index (χ2v) is 4.93. The fourth-order valence-electron chi connectivity index (χ4n) is 1.34. The zero-order valence-corrected chi connectivity index (χ0v) is 12.2. The van der Waals surface area contributed by atoms with Crippen LogP contribution in [-0.4, -0.2) is 24.1 Å². The predicted molar refractivity (Wildman–Crippen MR) is 75.6 cm³/mol. The normalized spacial score (nSPS) is 10.2. The zero-order chi connectivity index (χ0) is 13.1. The predicted octanol–water partition coefficient (Wildman–Crippen LogP) is 3.75. The second kappa shape index (κ2) is 5.54. The van der Waals surface area contributed by atoms with Gasteiger partial charge in [-0.3, -0.25) is 0 Å². The summed E-state index contributed by atoms with van der Waals surface area (Å²) in [6.45, 7) is 0. The average Bonchev–Trinajstić information content (AvgIpc) is 2.35. The van der Waals surface area contributed by atoms with Crippen molar-refractivity contribution in [2.75, 3.05) is 19.0 Å². The molecule has 0 atom stereocenters. The highest BCUT2D eigenvalue weighted by Gasteiger charge is 2.09. The molecule has 18 heavy (non-hydrogen) atoms. The van der Waals surface area contributed by atoms with Gasteiger partial charge in [0.1, 0.15) is 16.5 Å². The minimum atomic E-state index is 0.323. The van der Waals surface area contributed by atoms with Crippen LogP contribution in [0, 0.1) is 0 Å². The van der Waals surface area contributed by atoms with E-state index < -0.39 is 0 Å². The van der Waals surface area contributed by atoms with Crippen LogP contribution in [-0.2, 0) is 0 Å². The lowest BCUT2D eigenvalue weighted by Crippen LogP contribution is -2.08. The summed E-state index contributed by atoms with van der Waals surface area (Å²) in [5.74, 6) is 1.09. The molecule has 0 fully saturated rings. The van der Waals surface area contributed by atoms with Crippen molar-refractivity contribution < 1.29 is 4.74 Å². The van der Waals surface area contributed by atoms with Crippen molar-refractivity contribution >= 4 is 33.2 Å². The van der Waals surface area contributed by atoms with Crippen LogP contribution in [0.1, 0.15) is 0 Å². The van der Waals surface area contributed by atoms with Gasteiger partial charge >= 0.3 is 0 Å². The first-order chi connectivity index (χ1) is 8.58. The van der Waals surface area contributed by atoms with Crippen LogP contribution >= 0.6 is 27.5 Å². The maximum Gasteiger partial charge on any atom is 0.238 e. The third kappa shape index (κ3) is 2.91. The van der Waals surface area contributed by atoms with E-state index in [4.69, 9.17) is 16.3 Å². The van der Waals surface area contributed by atoms with E-state index in [1.54, 1.807) is 0 Å². The van der Waals surface area contributed by atoms with Gasteiger partial charge in [-0.1, -0.05) is 17.7 Å². The van der Waals surface area contributed by atoms with E-state index in [-0.39, 0.29) is 0 Å². The van der Waals surface area contributed by atoms with Gasteiger partial charge in [0.05, 0.1) is 0 Å². The molecule has 0 bridgehead atoms. The lowest BCUT2D eigenvalue weighted by Gasteiger charge is -2.14. The topological polar surface area (TPSA) is 38.2 Å². The lowest BCUT2D eigenvalue weighted by molar-refractivity contribution is 0.458. The number of nitrogens with zero attached hydrogens (tertiary/aromatic N) is 3. The molecule has 0 amide bonds. The summed E-state index contributed by atoms with van der Waals surface area (Å²) in [7, 11) is 3.94. The molecule has 0 aliphatic heterocycles. The van der Waals surface area contributed by atoms with Crippen molar-refractivity contribution in [1.29, 1.82) is 0 Å². The molecule has 0 spiro atoms. The van der Waals surface area contributed by atoms with Crippen LogP contribution in [0.2, 0.25) is 5.15 Å². The monoisotopic (exact) mass is 327 g/mol. The van der Waals surface area contributed by atoms with Gasteiger partial charge in [0, 0.05) is 25.8 Å². The standard InChI is InChI=1S/C12H11BrClN3O/c1-17(2)8-4-3-5-9(6-8)18-12-10(13)11(14)15-7-16-12/h3-7H,1-2H3. The molecule has 0 aliphatic rings. The van der Waals surface area contributed by atoms with E-state index in [2.05, 4.69) is 25.9 Å². The van der Waals surface area contributed by atoms with Crippen molar-refractivity contribution in [3.63, 3.8) is 0 Å². The molecule has 1 heterocycles. The third-order valence-electron chi connectivity index (χ3n) is 2.26. The third-order valence-corrected chi connectivity index (χ3v) is 3.49. The Morgan fingerprint density at radius 1 is 1.28 bits per heavy atom. The van der Waals surface area contributed by atoms with Gasteiger partial charge in [-0.15, -0.1) is 0 Å². The fraction of sp³-hybridized carbons (Fsp3) is 0.167. The molecule has 1 aromatic heterocycles. The maximum absolute atomic E-state index is 5.88. The SMILES string of the molecule is CN(C)c1cccc(Oc2ncnc(Cl)c2Br)c1. The summed E-state index contributed by atoms with van der Waals surface area (Å²) < 4.78 is 6.22. The number of rotatable bonds is 3. The molecule has 0 radical (unpaired) electrons.